The average molecular weight is 293 g/mol. The Labute approximate surface area is 129 Å². The monoisotopic (exact) mass is 293 g/mol. The van der Waals surface area contributed by atoms with Crippen LogP contribution < -0.4 is 5.32 Å². The molecule has 0 aromatic carbocycles. The largest absolute Gasteiger partial charge is 0.343 e. The van der Waals surface area contributed by atoms with Gasteiger partial charge in [-0.05, 0) is 64.0 Å². The maximum Gasteiger partial charge on any atom is 0.222 e. The zero-order valence-corrected chi connectivity index (χ0v) is 13.7. The fraction of sp³-hybridized carbons (Fsp3) is 0.941. The van der Waals surface area contributed by atoms with Crippen molar-refractivity contribution in [3.05, 3.63) is 0 Å². The molecule has 0 atom stereocenters. The molecule has 120 valence electrons. The van der Waals surface area contributed by atoms with Crippen LogP contribution in [0.25, 0.3) is 0 Å². The van der Waals surface area contributed by atoms with Gasteiger partial charge in [-0.25, -0.2) is 0 Å². The summed E-state index contributed by atoms with van der Waals surface area (Å²) in [7, 11) is 0. The van der Waals surface area contributed by atoms with Crippen molar-refractivity contribution in [2.24, 2.45) is 11.3 Å². The van der Waals surface area contributed by atoms with Crippen molar-refractivity contribution >= 4 is 5.91 Å². The maximum atomic E-state index is 12.5. The molecule has 0 aromatic heterocycles. The number of hydrogen-bond acceptors (Lipinski definition) is 3. The van der Waals surface area contributed by atoms with Crippen LogP contribution in [-0.2, 0) is 4.79 Å². The minimum atomic E-state index is 0.417. The van der Waals surface area contributed by atoms with Gasteiger partial charge in [0.2, 0.25) is 5.91 Å². The molecule has 21 heavy (non-hydrogen) atoms. The first-order valence-corrected chi connectivity index (χ1v) is 8.81. The van der Waals surface area contributed by atoms with Crippen LogP contribution in [0.4, 0.5) is 0 Å². The van der Waals surface area contributed by atoms with E-state index < -0.39 is 0 Å². The smallest absolute Gasteiger partial charge is 0.222 e. The second-order valence-electron chi connectivity index (χ2n) is 7.76. The Kier molecular flexibility index (Phi) is 4.55. The quantitative estimate of drug-likeness (QED) is 0.860. The second kappa shape index (κ2) is 6.25. The molecule has 3 heterocycles. The van der Waals surface area contributed by atoms with Crippen LogP contribution in [0.3, 0.4) is 0 Å². The summed E-state index contributed by atoms with van der Waals surface area (Å²) < 4.78 is 0. The number of rotatable bonds is 3. The number of carbonyl (C=O) groups is 1. The molecule has 1 spiro atoms. The van der Waals surface area contributed by atoms with Gasteiger partial charge in [-0.2, -0.15) is 0 Å². The van der Waals surface area contributed by atoms with Gasteiger partial charge < -0.3 is 15.1 Å². The Balaban J connectivity index is 1.41. The van der Waals surface area contributed by atoms with Crippen molar-refractivity contribution < 1.29 is 4.79 Å². The molecule has 0 unspecified atom stereocenters. The highest BCUT2D eigenvalue weighted by atomic mass is 16.2. The lowest BCUT2D eigenvalue weighted by Crippen LogP contribution is -2.58. The first-order chi connectivity index (χ1) is 10.1. The van der Waals surface area contributed by atoms with E-state index in [4.69, 9.17) is 0 Å². The standard InChI is InChI=1S/C17H31N3O/c1-14(2)19-7-3-15(4-8-19)11-16(21)20-9-5-17(6-10-20)12-18-13-17/h14-15,18H,3-13H2,1-2H3. The van der Waals surface area contributed by atoms with Gasteiger partial charge in [0.05, 0.1) is 0 Å². The SMILES string of the molecule is CC(C)N1CCC(CC(=O)N2CCC3(CC2)CNC3)CC1. The molecule has 0 radical (unpaired) electrons. The Morgan fingerprint density at radius 3 is 2.24 bits per heavy atom. The van der Waals surface area contributed by atoms with E-state index in [2.05, 4.69) is 29.0 Å². The van der Waals surface area contributed by atoms with Crippen LogP contribution in [0.1, 0.15) is 46.0 Å². The van der Waals surface area contributed by atoms with Crippen molar-refractivity contribution in [2.45, 2.75) is 52.0 Å². The molecule has 0 aliphatic carbocycles. The molecule has 3 aliphatic heterocycles. The van der Waals surface area contributed by atoms with Gasteiger partial charge in [-0.1, -0.05) is 0 Å². The molecule has 4 heteroatoms. The van der Waals surface area contributed by atoms with Gasteiger partial charge in [0.25, 0.3) is 0 Å². The lowest BCUT2D eigenvalue weighted by molar-refractivity contribution is -0.135. The highest BCUT2D eigenvalue weighted by Crippen LogP contribution is 2.35. The van der Waals surface area contributed by atoms with Crippen LogP contribution in [0, 0.1) is 11.3 Å². The Bertz CT molecular complexity index is 360. The van der Waals surface area contributed by atoms with Crippen LogP contribution in [0.5, 0.6) is 0 Å². The van der Waals surface area contributed by atoms with Crippen LogP contribution in [-0.4, -0.2) is 61.0 Å². The summed E-state index contributed by atoms with van der Waals surface area (Å²) in [6, 6.07) is 0.649. The van der Waals surface area contributed by atoms with Crippen LogP contribution in [0.15, 0.2) is 0 Å². The minimum absolute atomic E-state index is 0.417. The lowest BCUT2D eigenvalue weighted by Gasteiger charge is -2.48. The number of nitrogens with zero attached hydrogens (tertiary/aromatic N) is 2. The third-order valence-corrected chi connectivity index (χ3v) is 6.02. The molecular formula is C17H31N3O. The summed E-state index contributed by atoms with van der Waals surface area (Å²) in [5.74, 6) is 1.04. The number of carbonyl (C=O) groups excluding carboxylic acids is 1. The summed E-state index contributed by atoms with van der Waals surface area (Å²) in [5, 5.41) is 3.39. The zero-order chi connectivity index (χ0) is 14.9. The van der Waals surface area contributed by atoms with E-state index >= 15 is 0 Å². The summed E-state index contributed by atoms with van der Waals surface area (Å²) in [6.45, 7) is 11.2. The fourth-order valence-corrected chi connectivity index (χ4v) is 4.11. The average Bonchev–Trinajstić information content (AvgIpc) is 2.46. The van der Waals surface area contributed by atoms with Gasteiger partial charge in [0.15, 0.2) is 0 Å². The Morgan fingerprint density at radius 2 is 1.76 bits per heavy atom. The highest BCUT2D eigenvalue weighted by molar-refractivity contribution is 5.76. The van der Waals surface area contributed by atoms with Crippen molar-refractivity contribution in [2.75, 3.05) is 39.3 Å². The minimum Gasteiger partial charge on any atom is -0.343 e. The van der Waals surface area contributed by atoms with Crippen LogP contribution in [0.2, 0.25) is 0 Å². The van der Waals surface area contributed by atoms with Gasteiger partial charge in [-0.15, -0.1) is 0 Å². The predicted octanol–water partition coefficient (Wildman–Crippen LogP) is 1.71. The summed E-state index contributed by atoms with van der Waals surface area (Å²) in [4.78, 5) is 17.2. The van der Waals surface area contributed by atoms with Gasteiger partial charge in [-0.3, -0.25) is 4.79 Å². The highest BCUT2D eigenvalue weighted by Gasteiger charge is 2.40. The lowest BCUT2D eigenvalue weighted by atomic mass is 9.73. The number of hydrogen-bond donors (Lipinski definition) is 1. The maximum absolute atomic E-state index is 12.5. The fourth-order valence-electron chi connectivity index (χ4n) is 4.11. The third kappa shape index (κ3) is 3.42. The normalized spacial score (nSPS) is 27.1. The van der Waals surface area contributed by atoms with Crippen molar-refractivity contribution in [1.82, 2.24) is 15.1 Å². The van der Waals surface area contributed by atoms with E-state index in [1.54, 1.807) is 0 Å². The number of amides is 1. The molecule has 3 rings (SSSR count). The Morgan fingerprint density at radius 1 is 1.14 bits per heavy atom. The molecule has 1 amide bonds. The zero-order valence-electron chi connectivity index (χ0n) is 13.7. The van der Waals surface area contributed by atoms with E-state index in [0.717, 1.165) is 19.5 Å². The van der Waals surface area contributed by atoms with E-state index in [9.17, 15) is 4.79 Å². The molecule has 0 aromatic rings. The molecular weight excluding hydrogens is 262 g/mol. The molecule has 4 nitrogen and oxygen atoms in total. The number of nitrogens with one attached hydrogen (secondary N) is 1. The predicted molar refractivity (Wildman–Crippen MR) is 85.2 cm³/mol. The third-order valence-electron chi connectivity index (χ3n) is 6.02. The van der Waals surface area contributed by atoms with Crippen LogP contribution >= 0.6 is 0 Å². The summed E-state index contributed by atoms with van der Waals surface area (Å²) >= 11 is 0. The van der Waals surface area contributed by atoms with Gasteiger partial charge in [0.1, 0.15) is 0 Å². The molecule has 0 saturated carbocycles. The van der Waals surface area contributed by atoms with E-state index in [0.29, 0.717) is 23.3 Å². The molecule has 3 aliphatic rings. The first kappa shape index (κ1) is 15.3. The second-order valence-corrected chi connectivity index (χ2v) is 7.76. The summed E-state index contributed by atoms with van der Waals surface area (Å²) in [6.07, 6.45) is 5.60. The summed E-state index contributed by atoms with van der Waals surface area (Å²) in [5.41, 5.74) is 0.541. The van der Waals surface area contributed by atoms with Crippen molar-refractivity contribution in [3.63, 3.8) is 0 Å². The number of likely N-dealkylation sites (tertiary alicyclic amines) is 2. The molecule has 3 fully saturated rings. The molecule has 0 bridgehead atoms. The van der Waals surface area contributed by atoms with E-state index in [1.807, 2.05) is 0 Å². The van der Waals surface area contributed by atoms with E-state index in [-0.39, 0.29) is 0 Å². The Hall–Kier alpha value is -0.610. The van der Waals surface area contributed by atoms with Gasteiger partial charge >= 0.3 is 0 Å². The first-order valence-electron chi connectivity index (χ1n) is 8.81. The molecule has 3 saturated heterocycles. The van der Waals surface area contributed by atoms with Crippen molar-refractivity contribution in [1.29, 1.82) is 0 Å². The number of piperidine rings is 2. The van der Waals surface area contributed by atoms with Gasteiger partial charge in [0, 0.05) is 38.6 Å². The van der Waals surface area contributed by atoms with Crippen molar-refractivity contribution in [3.8, 4) is 0 Å². The molecule has 1 N–H and O–H groups in total. The topological polar surface area (TPSA) is 35.6 Å². The van der Waals surface area contributed by atoms with E-state index in [1.165, 1.54) is 51.9 Å².